The number of amides is 1. The minimum Gasteiger partial charge on any atom is -0.468 e. The quantitative estimate of drug-likeness (QED) is 0.542. The molecule has 0 spiro atoms. The first-order valence-electron chi connectivity index (χ1n) is 8.98. The molecule has 0 bridgehead atoms. The Kier molecular flexibility index (Phi) is 8.21. The van der Waals surface area contributed by atoms with Crippen LogP contribution in [0.5, 0.6) is 0 Å². The number of ether oxygens (including phenoxy) is 1. The Bertz CT molecular complexity index is 745. The number of benzene rings is 1. The lowest BCUT2D eigenvalue weighted by Gasteiger charge is -2.24. The van der Waals surface area contributed by atoms with E-state index in [1.807, 2.05) is 9.80 Å². The Morgan fingerprint density at radius 3 is 2.59 bits per heavy atom. The Labute approximate surface area is 172 Å². The average Bonchev–Trinajstić information content (AvgIpc) is 2.91. The number of hydrogen-bond donors (Lipinski definition) is 2. The van der Waals surface area contributed by atoms with Crippen LogP contribution in [0.3, 0.4) is 0 Å². The molecule has 160 valence electrons. The first-order chi connectivity index (χ1) is 13.7. The molecule has 1 aromatic rings. The minimum atomic E-state index is -4.54. The molecule has 0 atom stereocenters. The van der Waals surface area contributed by atoms with Crippen molar-refractivity contribution in [3.63, 3.8) is 0 Å². The molecule has 29 heavy (non-hydrogen) atoms. The van der Waals surface area contributed by atoms with Crippen molar-refractivity contribution in [2.45, 2.75) is 12.6 Å². The second kappa shape index (κ2) is 10.4. The van der Waals surface area contributed by atoms with E-state index in [1.165, 1.54) is 25.3 Å². The highest BCUT2D eigenvalue weighted by Gasteiger charge is 2.33. The van der Waals surface area contributed by atoms with Gasteiger partial charge in [0, 0.05) is 26.2 Å². The number of anilines is 1. The third kappa shape index (κ3) is 7.17. The Morgan fingerprint density at radius 1 is 1.17 bits per heavy atom. The van der Waals surface area contributed by atoms with Crippen LogP contribution in [0, 0.1) is 0 Å². The van der Waals surface area contributed by atoms with E-state index in [0.29, 0.717) is 37.7 Å². The maximum Gasteiger partial charge on any atom is 0.418 e. The number of carbonyl (C=O) groups is 2. The lowest BCUT2D eigenvalue weighted by atomic mass is 10.1. The van der Waals surface area contributed by atoms with Crippen LogP contribution in [-0.2, 0) is 20.5 Å². The molecule has 0 radical (unpaired) electrons. The lowest BCUT2D eigenvalue weighted by Crippen LogP contribution is -2.44. The standard InChI is InChI=1S/C18H23F3N4O3S/c1-28-16(27)11-22-17(29)25-8-4-7-24(9-10-25)12-15(26)23-14-6-3-2-5-13(14)18(19,20)21/h2-3,5-6H,4,7-12H2,1H3,(H,22,29)(H,23,26). The number of nitrogens with one attached hydrogen (secondary N) is 2. The second-order valence-electron chi connectivity index (χ2n) is 6.44. The number of thiocarbonyl (C=S) groups is 1. The largest absolute Gasteiger partial charge is 0.468 e. The SMILES string of the molecule is COC(=O)CNC(=S)N1CCCN(CC(=O)Nc2ccccc2C(F)(F)F)CC1. The number of hydrogen-bond acceptors (Lipinski definition) is 5. The summed E-state index contributed by atoms with van der Waals surface area (Å²) in [6, 6.07) is 4.88. The van der Waals surface area contributed by atoms with Crippen molar-refractivity contribution in [2.75, 3.05) is 51.7 Å². The summed E-state index contributed by atoms with van der Waals surface area (Å²) in [4.78, 5) is 27.2. The predicted octanol–water partition coefficient (Wildman–Crippen LogP) is 1.70. The Hall–Kier alpha value is -2.40. The molecule has 1 heterocycles. The van der Waals surface area contributed by atoms with Gasteiger partial charge in [-0.25, -0.2) is 0 Å². The number of halogens is 3. The summed E-state index contributed by atoms with van der Waals surface area (Å²) in [6.45, 7) is 2.22. The molecule has 2 N–H and O–H groups in total. The van der Waals surface area contributed by atoms with Crippen LogP contribution in [0.25, 0.3) is 0 Å². The average molecular weight is 432 g/mol. The number of para-hydroxylation sites is 1. The van der Waals surface area contributed by atoms with E-state index in [1.54, 1.807) is 0 Å². The van der Waals surface area contributed by atoms with Crippen molar-refractivity contribution in [1.29, 1.82) is 0 Å². The van der Waals surface area contributed by atoms with E-state index in [2.05, 4.69) is 15.4 Å². The number of alkyl halides is 3. The minimum absolute atomic E-state index is 0.0254. The van der Waals surface area contributed by atoms with E-state index in [4.69, 9.17) is 12.2 Å². The number of carbonyl (C=O) groups excluding carboxylic acids is 2. The number of esters is 1. The summed E-state index contributed by atoms with van der Waals surface area (Å²) in [5.74, 6) is -0.943. The molecule has 1 saturated heterocycles. The van der Waals surface area contributed by atoms with E-state index >= 15 is 0 Å². The number of nitrogens with zero attached hydrogens (tertiary/aromatic N) is 2. The molecule has 1 aliphatic heterocycles. The fourth-order valence-corrected chi connectivity index (χ4v) is 3.15. The van der Waals surface area contributed by atoms with Crippen molar-refractivity contribution in [3.8, 4) is 0 Å². The van der Waals surface area contributed by atoms with Gasteiger partial charge in [-0.15, -0.1) is 0 Å². The maximum atomic E-state index is 13.1. The van der Waals surface area contributed by atoms with Crippen LogP contribution >= 0.6 is 12.2 Å². The molecule has 1 aliphatic rings. The third-order valence-corrected chi connectivity index (χ3v) is 4.76. The molecule has 2 rings (SSSR count). The van der Waals surface area contributed by atoms with Gasteiger partial charge in [0.15, 0.2) is 5.11 Å². The molecule has 0 aliphatic carbocycles. The second-order valence-corrected chi connectivity index (χ2v) is 6.83. The van der Waals surface area contributed by atoms with E-state index < -0.39 is 23.6 Å². The van der Waals surface area contributed by atoms with Gasteiger partial charge in [-0.1, -0.05) is 12.1 Å². The Morgan fingerprint density at radius 2 is 1.90 bits per heavy atom. The summed E-state index contributed by atoms with van der Waals surface area (Å²) >= 11 is 5.27. The highest BCUT2D eigenvalue weighted by Crippen LogP contribution is 2.34. The summed E-state index contributed by atoms with van der Waals surface area (Å²) in [5.41, 5.74) is -1.13. The van der Waals surface area contributed by atoms with E-state index in [-0.39, 0.29) is 18.8 Å². The first kappa shape index (κ1) is 22.9. The molecule has 11 heteroatoms. The predicted molar refractivity (Wildman–Crippen MR) is 105 cm³/mol. The van der Waals surface area contributed by atoms with Crippen LogP contribution in [-0.4, -0.2) is 73.2 Å². The monoisotopic (exact) mass is 432 g/mol. The van der Waals surface area contributed by atoms with Gasteiger partial charge >= 0.3 is 12.1 Å². The van der Waals surface area contributed by atoms with Crippen molar-refractivity contribution < 1.29 is 27.5 Å². The molecular formula is C18H23F3N4O3S. The lowest BCUT2D eigenvalue weighted by molar-refractivity contribution is -0.139. The summed E-state index contributed by atoms with van der Waals surface area (Å²) < 4.78 is 43.7. The number of rotatable bonds is 5. The molecular weight excluding hydrogens is 409 g/mol. The number of methoxy groups -OCH3 is 1. The molecule has 1 aromatic carbocycles. The zero-order chi connectivity index (χ0) is 21.4. The van der Waals surface area contributed by atoms with E-state index in [0.717, 1.165) is 6.07 Å². The highest BCUT2D eigenvalue weighted by atomic mass is 32.1. The summed E-state index contributed by atoms with van der Waals surface area (Å²) in [7, 11) is 1.29. The van der Waals surface area contributed by atoms with Crippen molar-refractivity contribution in [2.24, 2.45) is 0 Å². The van der Waals surface area contributed by atoms with Gasteiger partial charge in [-0.3, -0.25) is 14.5 Å². The van der Waals surface area contributed by atoms with Crippen LogP contribution in [0.2, 0.25) is 0 Å². The zero-order valence-electron chi connectivity index (χ0n) is 15.9. The van der Waals surface area contributed by atoms with Gasteiger partial charge in [0.05, 0.1) is 24.9 Å². The molecule has 0 saturated carbocycles. The van der Waals surface area contributed by atoms with Crippen molar-refractivity contribution >= 4 is 34.9 Å². The summed E-state index contributed by atoms with van der Waals surface area (Å²) in [5, 5.41) is 5.59. The summed E-state index contributed by atoms with van der Waals surface area (Å²) in [6.07, 6.45) is -3.83. The van der Waals surface area contributed by atoms with Crippen molar-refractivity contribution in [3.05, 3.63) is 29.8 Å². The Balaban J connectivity index is 1.87. The van der Waals surface area contributed by atoms with Gasteiger partial charge < -0.3 is 20.3 Å². The zero-order valence-corrected chi connectivity index (χ0v) is 16.7. The normalized spacial score (nSPS) is 15.4. The van der Waals surface area contributed by atoms with Gasteiger partial charge in [0.1, 0.15) is 6.54 Å². The fourth-order valence-electron chi connectivity index (χ4n) is 2.90. The molecule has 0 aromatic heterocycles. The first-order valence-corrected chi connectivity index (χ1v) is 9.39. The van der Waals surface area contributed by atoms with Gasteiger partial charge in [0.25, 0.3) is 0 Å². The van der Waals surface area contributed by atoms with Crippen LogP contribution in [0.1, 0.15) is 12.0 Å². The van der Waals surface area contributed by atoms with Crippen molar-refractivity contribution in [1.82, 2.24) is 15.1 Å². The van der Waals surface area contributed by atoms with Crippen LogP contribution < -0.4 is 10.6 Å². The maximum absolute atomic E-state index is 13.1. The van der Waals surface area contributed by atoms with Gasteiger partial charge in [-0.05, 0) is 30.8 Å². The van der Waals surface area contributed by atoms with Crippen LogP contribution in [0.15, 0.2) is 24.3 Å². The van der Waals surface area contributed by atoms with Gasteiger partial charge in [-0.2, -0.15) is 13.2 Å². The molecule has 0 unspecified atom stereocenters. The molecule has 7 nitrogen and oxygen atoms in total. The highest BCUT2D eigenvalue weighted by molar-refractivity contribution is 7.80. The molecule has 1 fully saturated rings. The van der Waals surface area contributed by atoms with Crippen LogP contribution in [0.4, 0.5) is 18.9 Å². The fraction of sp³-hybridized carbons (Fsp3) is 0.500. The molecule has 1 amide bonds. The smallest absolute Gasteiger partial charge is 0.418 e. The third-order valence-electron chi connectivity index (χ3n) is 4.36. The van der Waals surface area contributed by atoms with E-state index in [9.17, 15) is 22.8 Å². The van der Waals surface area contributed by atoms with Gasteiger partial charge in [0.2, 0.25) is 5.91 Å². The topological polar surface area (TPSA) is 73.9 Å².